The van der Waals surface area contributed by atoms with Gasteiger partial charge in [0.05, 0.1) is 0 Å². The molecule has 4 rings (SSSR count). The zero-order chi connectivity index (χ0) is 20.4. The molecule has 0 bridgehead atoms. The highest BCUT2D eigenvalue weighted by Crippen LogP contribution is 2.34. The van der Waals surface area contributed by atoms with Gasteiger partial charge in [-0.3, -0.25) is 4.79 Å². The number of aromatic nitrogens is 2. The summed E-state index contributed by atoms with van der Waals surface area (Å²) in [7, 11) is 0. The standard InChI is InChI=1S/C23H26N4O2.ClH/c1-15(2)11-21(28)27-14-19-6-4-3-5-18(19)12-20(27)23-25-22(26-29-23)17-9-7-16(13-24)8-10-17;/h3-10,15,20H,11-14,24H2,1-2H3;1H. The summed E-state index contributed by atoms with van der Waals surface area (Å²) in [5, 5.41) is 4.17. The predicted octanol–water partition coefficient (Wildman–Crippen LogP) is 4.29. The molecule has 7 heteroatoms. The summed E-state index contributed by atoms with van der Waals surface area (Å²) in [5.74, 6) is 1.42. The molecule has 1 aromatic heterocycles. The molecule has 158 valence electrons. The molecule has 30 heavy (non-hydrogen) atoms. The number of halogens is 1. The maximum absolute atomic E-state index is 13.0. The minimum Gasteiger partial charge on any atom is -0.337 e. The van der Waals surface area contributed by atoms with Gasteiger partial charge >= 0.3 is 0 Å². The molecule has 2 N–H and O–H groups in total. The van der Waals surface area contributed by atoms with Crippen LogP contribution < -0.4 is 5.73 Å². The summed E-state index contributed by atoms with van der Waals surface area (Å²) in [6, 6.07) is 15.8. The zero-order valence-corrected chi connectivity index (χ0v) is 18.1. The van der Waals surface area contributed by atoms with E-state index in [1.807, 2.05) is 41.3 Å². The number of hydrogen-bond acceptors (Lipinski definition) is 5. The summed E-state index contributed by atoms with van der Waals surface area (Å²) in [5.41, 5.74) is 9.99. The van der Waals surface area contributed by atoms with Crippen LogP contribution in [0.15, 0.2) is 53.1 Å². The van der Waals surface area contributed by atoms with Crippen molar-refractivity contribution in [3.8, 4) is 11.4 Å². The predicted molar refractivity (Wildman–Crippen MR) is 118 cm³/mol. The molecule has 2 heterocycles. The fourth-order valence-corrected chi connectivity index (χ4v) is 3.75. The summed E-state index contributed by atoms with van der Waals surface area (Å²) in [6.45, 7) is 5.17. The molecule has 6 nitrogen and oxygen atoms in total. The maximum atomic E-state index is 13.0. The van der Waals surface area contributed by atoms with Gasteiger partial charge in [-0.25, -0.2) is 0 Å². The van der Waals surface area contributed by atoms with Crippen LogP contribution in [0.1, 0.15) is 48.9 Å². The van der Waals surface area contributed by atoms with Crippen molar-refractivity contribution >= 4 is 18.3 Å². The van der Waals surface area contributed by atoms with E-state index in [4.69, 9.17) is 10.3 Å². The largest absolute Gasteiger partial charge is 0.337 e. The zero-order valence-electron chi connectivity index (χ0n) is 17.2. The van der Waals surface area contributed by atoms with E-state index in [1.165, 1.54) is 11.1 Å². The van der Waals surface area contributed by atoms with Gasteiger partial charge < -0.3 is 15.2 Å². The highest BCUT2D eigenvalue weighted by molar-refractivity contribution is 5.85. The van der Waals surface area contributed by atoms with Crippen LogP contribution in [-0.4, -0.2) is 20.9 Å². The van der Waals surface area contributed by atoms with Crippen LogP contribution in [0.25, 0.3) is 11.4 Å². The quantitative estimate of drug-likeness (QED) is 0.657. The van der Waals surface area contributed by atoms with Crippen molar-refractivity contribution in [1.29, 1.82) is 0 Å². The third kappa shape index (κ3) is 4.55. The number of nitrogens with zero attached hydrogens (tertiary/aromatic N) is 3. The molecule has 0 spiro atoms. The Balaban J connectivity index is 0.00000256. The van der Waals surface area contributed by atoms with Gasteiger partial charge in [0.25, 0.3) is 0 Å². The number of nitrogens with two attached hydrogens (primary N) is 1. The van der Waals surface area contributed by atoms with Crippen LogP contribution in [0.4, 0.5) is 0 Å². The first-order valence-corrected chi connectivity index (χ1v) is 10.0. The molecule has 1 amide bonds. The van der Waals surface area contributed by atoms with Crippen molar-refractivity contribution in [2.75, 3.05) is 0 Å². The summed E-state index contributed by atoms with van der Waals surface area (Å²) >= 11 is 0. The molecular formula is C23H27ClN4O2. The van der Waals surface area contributed by atoms with Crippen LogP contribution in [0, 0.1) is 5.92 Å². The number of hydrogen-bond donors (Lipinski definition) is 1. The van der Waals surface area contributed by atoms with Gasteiger partial charge in [0, 0.05) is 31.5 Å². The maximum Gasteiger partial charge on any atom is 0.250 e. The number of carbonyl (C=O) groups excluding carboxylic acids is 1. The van der Waals surface area contributed by atoms with Gasteiger partial charge in [-0.1, -0.05) is 67.5 Å². The molecule has 1 atom stereocenters. The van der Waals surface area contributed by atoms with E-state index in [9.17, 15) is 4.79 Å². The van der Waals surface area contributed by atoms with Crippen LogP contribution in [-0.2, 0) is 24.3 Å². The van der Waals surface area contributed by atoms with E-state index in [-0.39, 0.29) is 24.4 Å². The molecule has 0 saturated heterocycles. The van der Waals surface area contributed by atoms with Gasteiger partial charge in [0.1, 0.15) is 6.04 Å². The Labute approximate surface area is 182 Å². The van der Waals surface area contributed by atoms with Crippen molar-refractivity contribution in [3.05, 3.63) is 71.1 Å². The normalized spacial score (nSPS) is 15.6. The number of rotatable bonds is 5. The molecule has 1 aliphatic rings. The SMILES string of the molecule is CC(C)CC(=O)N1Cc2ccccc2CC1c1nc(-c2ccc(CN)cc2)no1.Cl. The molecule has 1 aliphatic heterocycles. The number of benzene rings is 2. The minimum absolute atomic E-state index is 0. The summed E-state index contributed by atoms with van der Waals surface area (Å²) in [6.07, 6.45) is 1.17. The molecular weight excluding hydrogens is 400 g/mol. The van der Waals surface area contributed by atoms with Crippen molar-refractivity contribution in [2.45, 2.75) is 45.8 Å². The fraction of sp³-hybridized carbons (Fsp3) is 0.348. The van der Waals surface area contributed by atoms with Gasteiger partial charge in [0.15, 0.2) is 0 Å². The highest BCUT2D eigenvalue weighted by Gasteiger charge is 2.34. The Morgan fingerprint density at radius 2 is 1.87 bits per heavy atom. The summed E-state index contributed by atoms with van der Waals surface area (Å²) < 4.78 is 5.64. The van der Waals surface area contributed by atoms with E-state index in [0.717, 1.165) is 11.1 Å². The van der Waals surface area contributed by atoms with E-state index in [2.05, 4.69) is 36.1 Å². The fourth-order valence-electron chi connectivity index (χ4n) is 3.75. The average Bonchev–Trinajstić information content (AvgIpc) is 3.22. The lowest BCUT2D eigenvalue weighted by molar-refractivity contribution is -0.136. The van der Waals surface area contributed by atoms with E-state index in [1.54, 1.807) is 0 Å². The first kappa shape index (κ1) is 22.0. The monoisotopic (exact) mass is 426 g/mol. The van der Waals surface area contributed by atoms with Crippen molar-refractivity contribution < 1.29 is 9.32 Å². The Kier molecular flexibility index (Phi) is 6.90. The second kappa shape index (κ2) is 9.41. The summed E-state index contributed by atoms with van der Waals surface area (Å²) in [4.78, 5) is 19.5. The smallest absolute Gasteiger partial charge is 0.250 e. The van der Waals surface area contributed by atoms with E-state index < -0.39 is 0 Å². The topological polar surface area (TPSA) is 85.2 Å². The van der Waals surface area contributed by atoms with E-state index >= 15 is 0 Å². The molecule has 0 fully saturated rings. The lowest BCUT2D eigenvalue weighted by atomic mass is 9.93. The van der Waals surface area contributed by atoms with Crippen LogP contribution in [0.3, 0.4) is 0 Å². The first-order valence-electron chi connectivity index (χ1n) is 10.0. The number of fused-ring (bicyclic) bond motifs is 1. The van der Waals surface area contributed by atoms with Crippen molar-refractivity contribution in [3.63, 3.8) is 0 Å². The van der Waals surface area contributed by atoms with Crippen molar-refractivity contribution in [2.24, 2.45) is 11.7 Å². The van der Waals surface area contributed by atoms with Gasteiger partial charge in [-0.15, -0.1) is 12.4 Å². The van der Waals surface area contributed by atoms with Crippen molar-refractivity contribution in [1.82, 2.24) is 15.0 Å². The molecule has 3 aromatic rings. The van der Waals surface area contributed by atoms with Gasteiger partial charge in [0.2, 0.25) is 17.6 Å². The second-order valence-electron chi connectivity index (χ2n) is 7.97. The average molecular weight is 427 g/mol. The minimum atomic E-state index is -0.249. The first-order chi connectivity index (χ1) is 14.0. The Morgan fingerprint density at radius 3 is 2.53 bits per heavy atom. The Hall–Kier alpha value is -2.70. The third-order valence-electron chi connectivity index (χ3n) is 5.33. The Morgan fingerprint density at radius 1 is 1.17 bits per heavy atom. The van der Waals surface area contributed by atoms with Crippen LogP contribution in [0.5, 0.6) is 0 Å². The molecule has 0 radical (unpaired) electrons. The lowest BCUT2D eigenvalue weighted by Crippen LogP contribution is -2.39. The van der Waals surface area contributed by atoms with Gasteiger partial charge in [-0.05, 0) is 22.6 Å². The number of amides is 1. The number of carbonyl (C=O) groups is 1. The molecule has 0 aliphatic carbocycles. The highest BCUT2D eigenvalue weighted by atomic mass is 35.5. The van der Waals surface area contributed by atoms with Crippen LogP contribution in [0.2, 0.25) is 0 Å². The molecule has 2 aromatic carbocycles. The van der Waals surface area contributed by atoms with Crippen LogP contribution >= 0.6 is 12.4 Å². The molecule has 1 unspecified atom stereocenters. The van der Waals surface area contributed by atoms with Gasteiger partial charge in [-0.2, -0.15) is 4.98 Å². The Bertz CT molecular complexity index is 1000. The van der Waals surface area contributed by atoms with E-state index in [0.29, 0.717) is 43.6 Å². The second-order valence-corrected chi connectivity index (χ2v) is 7.97. The molecule has 0 saturated carbocycles. The third-order valence-corrected chi connectivity index (χ3v) is 5.33. The lowest BCUT2D eigenvalue weighted by Gasteiger charge is -2.35.